The molecule has 0 unspecified atom stereocenters. The Morgan fingerprint density at radius 3 is 2.30 bits per heavy atom. The number of hydrogen-bond donors (Lipinski definition) is 0. The number of rotatable bonds is 2. The van der Waals surface area contributed by atoms with Crippen LogP contribution in [-0.4, -0.2) is 12.9 Å². The van der Waals surface area contributed by atoms with Crippen molar-refractivity contribution >= 4 is 18.6 Å². The van der Waals surface area contributed by atoms with Crippen molar-refractivity contribution in [2.45, 2.75) is 12.8 Å². The molecule has 0 heterocycles. The fourth-order valence-corrected chi connectivity index (χ4v) is 0.477. The first-order valence-electron chi connectivity index (χ1n) is 2.81. The summed E-state index contributed by atoms with van der Waals surface area (Å²) in [5.41, 5.74) is 0. The van der Waals surface area contributed by atoms with Crippen molar-refractivity contribution in [3.05, 3.63) is 0 Å². The molecule has 0 atom stereocenters. The fraction of sp³-hybridized carbons (Fsp3) is 0.600. The number of hydrogen-bond acceptors (Lipinski definition) is 0. The maximum Gasteiger partial charge on any atom is 0.557 e. The first-order chi connectivity index (χ1) is 4.56. The zero-order valence-electron chi connectivity index (χ0n) is 5.21. The molecular formula is C5H6BClF3-. The lowest BCUT2D eigenvalue weighted by molar-refractivity contribution is 0.503. The van der Waals surface area contributed by atoms with Crippen LogP contribution in [0.2, 0.25) is 0 Å². The van der Waals surface area contributed by atoms with E-state index in [2.05, 4.69) is 0 Å². The van der Waals surface area contributed by atoms with Crippen molar-refractivity contribution in [1.82, 2.24) is 0 Å². The van der Waals surface area contributed by atoms with Gasteiger partial charge in [-0.2, -0.15) is 0 Å². The standard InChI is InChI=1S/C5H6BClF3/c7-5-3-1-2-4-6(8,9)10/h1,3,5H2/q-1. The maximum atomic E-state index is 11.3. The average molecular weight is 169 g/mol. The molecule has 0 aliphatic heterocycles. The first kappa shape index (κ1) is 9.70. The molecule has 10 heavy (non-hydrogen) atoms. The molecule has 0 spiro atoms. The molecule has 0 fully saturated rings. The normalized spacial score (nSPS) is 10.4. The highest BCUT2D eigenvalue weighted by atomic mass is 35.5. The Balaban J connectivity index is 3.50. The van der Waals surface area contributed by atoms with Gasteiger partial charge in [0.25, 0.3) is 0 Å². The van der Waals surface area contributed by atoms with Crippen LogP contribution in [0.1, 0.15) is 12.8 Å². The smallest absolute Gasteiger partial charge is 0.438 e. The highest BCUT2D eigenvalue weighted by molar-refractivity contribution is 6.67. The van der Waals surface area contributed by atoms with Gasteiger partial charge in [-0.05, 0) is 6.42 Å². The van der Waals surface area contributed by atoms with Crippen molar-refractivity contribution in [3.8, 4) is 11.7 Å². The lowest BCUT2D eigenvalue weighted by Gasteiger charge is -2.01. The van der Waals surface area contributed by atoms with Crippen LogP contribution in [0.4, 0.5) is 12.9 Å². The predicted octanol–water partition coefficient (Wildman–Crippen LogP) is 2.40. The van der Waals surface area contributed by atoms with Crippen molar-refractivity contribution < 1.29 is 12.9 Å². The van der Waals surface area contributed by atoms with E-state index in [1.165, 1.54) is 5.82 Å². The van der Waals surface area contributed by atoms with Crippen molar-refractivity contribution in [3.63, 3.8) is 0 Å². The summed E-state index contributed by atoms with van der Waals surface area (Å²) in [7, 11) is 0. The molecule has 0 nitrogen and oxygen atoms in total. The third-order valence-electron chi connectivity index (χ3n) is 0.701. The molecule has 0 saturated heterocycles. The van der Waals surface area contributed by atoms with Crippen LogP contribution in [0.15, 0.2) is 0 Å². The minimum atomic E-state index is -4.92. The van der Waals surface area contributed by atoms with Crippen molar-refractivity contribution in [1.29, 1.82) is 0 Å². The maximum absolute atomic E-state index is 11.3. The van der Waals surface area contributed by atoms with E-state index >= 15 is 0 Å². The Morgan fingerprint density at radius 1 is 1.30 bits per heavy atom. The Bertz CT molecular complexity index is 143. The van der Waals surface area contributed by atoms with E-state index in [4.69, 9.17) is 11.6 Å². The van der Waals surface area contributed by atoms with Gasteiger partial charge in [0.2, 0.25) is 0 Å². The monoisotopic (exact) mass is 169 g/mol. The number of halogens is 4. The van der Waals surface area contributed by atoms with Gasteiger partial charge in [0.05, 0.1) is 0 Å². The fourth-order valence-electron chi connectivity index (χ4n) is 0.343. The minimum Gasteiger partial charge on any atom is -0.438 e. The highest BCUT2D eigenvalue weighted by Gasteiger charge is 2.17. The van der Waals surface area contributed by atoms with Gasteiger partial charge < -0.3 is 12.9 Å². The second-order valence-corrected chi connectivity index (χ2v) is 2.07. The summed E-state index contributed by atoms with van der Waals surface area (Å²) < 4.78 is 34.0. The van der Waals surface area contributed by atoms with E-state index in [1.54, 1.807) is 0 Å². The molecule has 0 aliphatic carbocycles. The molecular weight excluding hydrogens is 163 g/mol. The van der Waals surface area contributed by atoms with E-state index in [-0.39, 0.29) is 6.42 Å². The Labute approximate surface area is 62.8 Å². The van der Waals surface area contributed by atoms with E-state index in [0.29, 0.717) is 12.3 Å². The van der Waals surface area contributed by atoms with Crippen LogP contribution in [0, 0.1) is 11.7 Å². The molecule has 0 aromatic rings. The Morgan fingerprint density at radius 2 is 1.90 bits per heavy atom. The van der Waals surface area contributed by atoms with Gasteiger partial charge in [0.1, 0.15) is 0 Å². The van der Waals surface area contributed by atoms with Crippen molar-refractivity contribution in [2.24, 2.45) is 0 Å². The highest BCUT2D eigenvalue weighted by Crippen LogP contribution is 2.05. The molecule has 0 aliphatic rings. The second kappa shape index (κ2) is 4.51. The van der Waals surface area contributed by atoms with Crippen LogP contribution in [0.25, 0.3) is 0 Å². The molecule has 0 aromatic carbocycles. The molecule has 0 amide bonds. The Hall–Kier alpha value is -0.295. The molecule has 0 bridgehead atoms. The molecule has 5 heteroatoms. The molecule has 0 N–H and O–H groups in total. The summed E-state index contributed by atoms with van der Waals surface area (Å²) in [6, 6.07) is 0. The third-order valence-corrected chi connectivity index (χ3v) is 0.968. The summed E-state index contributed by atoms with van der Waals surface area (Å²) in [5.74, 6) is 3.57. The van der Waals surface area contributed by atoms with Gasteiger partial charge in [-0.1, -0.05) is 0 Å². The summed E-state index contributed by atoms with van der Waals surface area (Å²) >= 11 is 5.21. The molecule has 0 radical (unpaired) electrons. The van der Waals surface area contributed by atoms with Gasteiger partial charge in [0, 0.05) is 12.3 Å². The summed E-state index contributed by atoms with van der Waals surface area (Å²) in [4.78, 5) is 0. The predicted molar refractivity (Wildman–Crippen MR) is 36.8 cm³/mol. The zero-order valence-corrected chi connectivity index (χ0v) is 5.97. The van der Waals surface area contributed by atoms with Gasteiger partial charge in [-0.15, -0.1) is 17.5 Å². The van der Waals surface area contributed by atoms with E-state index in [0.717, 1.165) is 0 Å². The minimum absolute atomic E-state index is 0.227. The van der Waals surface area contributed by atoms with Crippen molar-refractivity contribution in [2.75, 3.05) is 5.88 Å². The molecule has 0 saturated carbocycles. The number of unbranched alkanes of at least 4 members (excludes halogenated alkanes) is 1. The largest absolute Gasteiger partial charge is 0.557 e. The SMILES string of the molecule is F[B-](F)(F)C#CCCCCl. The average Bonchev–Trinajstić information content (AvgIpc) is 1.78. The van der Waals surface area contributed by atoms with Gasteiger partial charge in [-0.25, -0.2) is 5.82 Å². The van der Waals surface area contributed by atoms with E-state index in [1.807, 2.05) is 5.92 Å². The third kappa shape index (κ3) is 7.70. The molecule has 0 rings (SSSR count). The lowest BCUT2D eigenvalue weighted by atomic mass is 9.94. The second-order valence-electron chi connectivity index (χ2n) is 1.69. The van der Waals surface area contributed by atoms with Crippen LogP contribution in [0.5, 0.6) is 0 Å². The van der Waals surface area contributed by atoms with E-state index in [9.17, 15) is 12.9 Å². The quantitative estimate of drug-likeness (QED) is 0.258. The van der Waals surface area contributed by atoms with Gasteiger partial charge >= 0.3 is 6.98 Å². The zero-order chi connectivity index (χ0) is 8.04. The lowest BCUT2D eigenvalue weighted by Crippen LogP contribution is -2.10. The Kier molecular flexibility index (Phi) is 4.38. The van der Waals surface area contributed by atoms with Crippen LogP contribution < -0.4 is 0 Å². The number of alkyl halides is 1. The van der Waals surface area contributed by atoms with Gasteiger partial charge in [-0.3, -0.25) is 0 Å². The van der Waals surface area contributed by atoms with Crippen LogP contribution in [-0.2, 0) is 0 Å². The molecule has 58 valence electrons. The molecule has 0 aromatic heterocycles. The topological polar surface area (TPSA) is 0 Å². The summed E-state index contributed by atoms with van der Waals surface area (Å²) in [6.07, 6.45) is 0.742. The van der Waals surface area contributed by atoms with Crippen LogP contribution >= 0.6 is 11.6 Å². The van der Waals surface area contributed by atoms with Gasteiger partial charge in [0.15, 0.2) is 0 Å². The van der Waals surface area contributed by atoms with Crippen LogP contribution in [0.3, 0.4) is 0 Å². The summed E-state index contributed by atoms with van der Waals surface area (Å²) in [6.45, 7) is -4.92. The summed E-state index contributed by atoms with van der Waals surface area (Å²) in [5, 5.41) is 0. The van der Waals surface area contributed by atoms with E-state index < -0.39 is 6.98 Å². The first-order valence-corrected chi connectivity index (χ1v) is 3.35.